The topological polar surface area (TPSA) is 46.9 Å². The number of nitrogens with zero attached hydrogens (tertiary/aromatic N) is 2. The number of carbonyl (C=O) groups is 1. The summed E-state index contributed by atoms with van der Waals surface area (Å²) in [5.74, 6) is 0.120. The van der Waals surface area contributed by atoms with Crippen LogP contribution in [0, 0.1) is 0 Å². The fraction of sp³-hybridized carbons (Fsp3) is 0.600. The van der Waals surface area contributed by atoms with E-state index in [-0.39, 0.29) is 5.91 Å². The van der Waals surface area contributed by atoms with Crippen LogP contribution in [0.5, 0.6) is 0 Å². The molecule has 5 heteroatoms. The van der Waals surface area contributed by atoms with Crippen molar-refractivity contribution in [3.05, 3.63) is 18.7 Å². The van der Waals surface area contributed by atoms with E-state index in [0.717, 1.165) is 31.3 Å². The zero-order chi connectivity index (χ0) is 10.9. The second-order valence-corrected chi connectivity index (χ2v) is 4.09. The molecule has 1 N–H and O–H groups in total. The summed E-state index contributed by atoms with van der Waals surface area (Å²) >= 11 is 3.23. The van der Waals surface area contributed by atoms with Crippen LogP contribution in [-0.4, -0.2) is 27.3 Å². The Morgan fingerprint density at radius 3 is 3.00 bits per heavy atom. The first kappa shape index (κ1) is 12.2. The number of nitrogens with one attached hydrogen (secondary N) is 1. The Morgan fingerprint density at radius 2 is 2.33 bits per heavy atom. The van der Waals surface area contributed by atoms with Gasteiger partial charge in [-0.3, -0.25) is 4.79 Å². The second kappa shape index (κ2) is 7.45. The van der Waals surface area contributed by atoms with Gasteiger partial charge in [0.15, 0.2) is 0 Å². The Morgan fingerprint density at radius 1 is 1.47 bits per heavy atom. The number of aryl methyl sites for hydroxylation is 1. The molecule has 0 aliphatic carbocycles. The lowest BCUT2D eigenvalue weighted by atomic mass is 10.3. The fourth-order valence-corrected chi connectivity index (χ4v) is 1.60. The molecule has 0 saturated heterocycles. The third kappa shape index (κ3) is 5.57. The molecule has 84 valence electrons. The number of halogens is 1. The van der Waals surface area contributed by atoms with Crippen molar-refractivity contribution in [1.29, 1.82) is 0 Å². The molecule has 0 fully saturated rings. The fourth-order valence-electron chi connectivity index (χ4n) is 1.24. The summed E-state index contributed by atoms with van der Waals surface area (Å²) in [4.78, 5) is 15.0. The number of aromatic nitrogens is 2. The molecule has 0 bridgehead atoms. The van der Waals surface area contributed by atoms with Crippen LogP contribution in [0.2, 0.25) is 0 Å². The summed E-state index contributed by atoms with van der Waals surface area (Å²) in [6.45, 7) is 1.73. The van der Waals surface area contributed by atoms with Crippen LogP contribution in [0.1, 0.15) is 19.3 Å². The molecule has 0 spiro atoms. The van der Waals surface area contributed by atoms with Crippen molar-refractivity contribution in [2.45, 2.75) is 25.8 Å². The first-order chi connectivity index (χ1) is 7.33. The summed E-state index contributed by atoms with van der Waals surface area (Å²) < 4.78 is 2.04. The maximum Gasteiger partial charge on any atom is 0.220 e. The highest BCUT2D eigenvalue weighted by molar-refractivity contribution is 9.09. The monoisotopic (exact) mass is 273 g/mol. The van der Waals surface area contributed by atoms with Gasteiger partial charge in [-0.25, -0.2) is 4.98 Å². The smallest absolute Gasteiger partial charge is 0.220 e. The van der Waals surface area contributed by atoms with Crippen LogP contribution in [0.4, 0.5) is 0 Å². The minimum Gasteiger partial charge on any atom is -0.356 e. The summed E-state index contributed by atoms with van der Waals surface area (Å²) in [6, 6.07) is 0. The molecule has 1 aromatic heterocycles. The molecular weight excluding hydrogens is 258 g/mol. The van der Waals surface area contributed by atoms with Gasteiger partial charge in [0.05, 0.1) is 6.33 Å². The van der Waals surface area contributed by atoms with E-state index in [2.05, 4.69) is 26.2 Å². The lowest BCUT2D eigenvalue weighted by Crippen LogP contribution is -2.24. The van der Waals surface area contributed by atoms with Gasteiger partial charge in [0.25, 0.3) is 0 Å². The molecule has 0 aromatic carbocycles. The Kier molecular flexibility index (Phi) is 6.08. The lowest BCUT2D eigenvalue weighted by Gasteiger charge is -2.04. The molecule has 0 radical (unpaired) electrons. The third-order valence-corrected chi connectivity index (χ3v) is 2.44. The molecule has 0 aliphatic rings. The van der Waals surface area contributed by atoms with E-state index in [0.29, 0.717) is 6.42 Å². The van der Waals surface area contributed by atoms with Gasteiger partial charge in [-0.15, -0.1) is 0 Å². The van der Waals surface area contributed by atoms with Crippen LogP contribution in [-0.2, 0) is 11.3 Å². The van der Waals surface area contributed by atoms with Gasteiger partial charge in [-0.1, -0.05) is 15.9 Å². The predicted octanol–water partition coefficient (Wildman–Crippen LogP) is 1.56. The number of unbranched alkanes of at least 4 members (excludes halogenated alkanes) is 1. The quantitative estimate of drug-likeness (QED) is 0.606. The molecule has 1 heterocycles. The maximum atomic E-state index is 11.1. The highest BCUT2D eigenvalue weighted by Crippen LogP contribution is 1.94. The molecule has 0 saturated carbocycles. The molecule has 1 aromatic rings. The summed E-state index contributed by atoms with van der Waals surface area (Å²) in [6.07, 6.45) is 8.16. The first-order valence-electron chi connectivity index (χ1n) is 5.11. The minimum absolute atomic E-state index is 0.120. The van der Waals surface area contributed by atoms with Gasteiger partial charge in [-0.2, -0.15) is 0 Å². The molecule has 1 rings (SSSR count). The van der Waals surface area contributed by atoms with Gasteiger partial charge in [0, 0.05) is 37.2 Å². The van der Waals surface area contributed by atoms with E-state index in [1.807, 2.05) is 17.1 Å². The van der Waals surface area contributed by atoms with Crippen molar-refractivity contribution >= 4 is 21.8 Å². The number of hydrogen-bond donors (Lipinski definition) is 1. The van der Waals surface area contributed by atoms with Gasteiger partial charge in [0.2, 0.25) is 5.91 Å². The third-order valence-electron chi connectivity index (χ3n) is 2.05. The second-order valence-electron chi connectivity index (χ2n) is 3.30. The zero-order valence-corrected chi connectivity index (χ0v) is 10.2. The summed E-state index contributed by atoms with van der Waals surface area (Å²) in [5.41, 5.74) is 0. The lowest BCUT2D eigenvalue weighted by molar-refractivity contribution is -0.120. The Balaban J connectivity index is 1.95. The van der Waals surface area contributed by atoms with E-state index in [9.17, 15) is 4.79 Å². The molecule has 15 heavy (non-hydrogen) atoms. The average Bonchev–Trinajstić information content (AvgIpc) is 2.70. The van der Waals surface area contributed by atoms with Crippen molar-refractivity contribution in [2.24, 2.45) is 0 Å². The Hall–Kier alpha value is -0.840. The van der Waals surface area contributed by atoms with Crippen LogP contribution >= 0.6 is 15.9 Å². The minimum atomic E-state index is 0.120. The molecule has 1 amide bonds. The molecule has 4 nitrogen and oxygen atoms in total. The van der Waals surface area contributed by atoms with Gasteiger partial charge >= 0.3 is 0 Å². The average molecular weight is 274 g/mol. The van der Waals surface area contributed by atoms with Gasteiger partial charge < -0.3 is 9.88 Å². The number of alkyl halides is 1. The van der Waals surface area contributed by atoms with Crippen molar-refractivity contribution in [3.63, 3.8) is 0 Å². The van der Waals surface area contributed by atoms with E-state index in [4.69, 9.17) is 0 Å². The number of rotatable bonds is 7. The van der Waals surface area contributed by atoms with E-state index < -0.39 is 0 Å². The van der Waals surface area contributed by atoms with Crippen LogP contribution in [0.25, 0.3) is 0 Å². The molecule has 0 atom stereocenters. The highest BCUT2D eigenvalue weighted by Gasteiger charge is 1.97. The predicted molar refractivity (Wildman–Crippen MR) is 62.9 cm³/mol. The van der Waals surface area contributed by atoms with Crippen molar-refractivity contribution < 1.29 is 4.79 Å². The SMILES string of the molecule is O=C(CCBr)NCCCCn1ccnc1. The van der Waals surface area contributed by atoms with Gasteiger partial charge in [-0.05, 0) is 12.8 Å². The number of hydrogen-bond acceptors (Lipinski definition) is 2. The zero-order valence-electron chi connectivity index (χ0n) is 8.66. The molecule has 0 aliphatic heterocycles. The first-order valence-corrected chi connectivity index (χ1v) is 6.23. The van der Waals surface area contributed by atoms with E-state index in [1.165, 1.54) is 0 Å². The highest BCUT2D eigenvalue weighted by atomic mass is 79.9. The maximum absolute atomic E-state index is 11.1. The molecular formula is C10H16BrN3O. The van der Waals surface area contributed by atoms with E-state index in [1.54, 1.807) is 6.20 Å². The molecule has 0 unspecified atom stereocenters. The summed E-state index contributed by atoms with van der Waals surface area (Å²) in [7, 11) is 0. The number of carbonyl (C=O) groups excluding carboxylic acids is 1. The normalized spacial score (nSPS) is 10.2. The van der Waals surface area contributed by atoms with Crippen molar-refractivity contribution in [3.8, 4) is 0 Å². The van der Waals surface area contributed by atoms with Crippen LogP contribution < -0.4 is 5.32 Å². The van der Waals surface area contributed by atoms with Gasteiger partial charge in [0.1, 0.15) is 0 Å². The van der Waals surface area contributed by atoms with Crippen molar-refractivity contribution in [1.82, 2.24) is 14.9 Å². The van der Waals surface area contributed by atoms with Crippen molar-refractivity contribution in [2.75, 3.05) is 11.9 Å². The Bertz CT molecular complexity index is 274. The number of imidazole rings is 1. The van der Waals surface area contributed by atoms with Crippen LogP contribution in [0.3, 0.4) is 0 Å². The number of amides is 1. The Labute approximate surface area is 98.2 Å². The largest absolute Gasteiger partial charge is 0.356 e. The summed E-state index contributed by atoms with van der Waals surface area (Å²) in [5, 5.41) is 3.60. The van der Waals surface area contributed by atoms with E-state index >= 15 is 0 Å². The van der Waals surface area contributed by atoms with Crippen LogP contribution in [0.15, 0.2) is 18.7 Å². The standard InChI is InChI=1S/C10H16BrN3O/c11-4-3-10(15)13-5-1-2-7-14-8-6-12-9-14/h6,8-9H,1-5,7H2,(H,13,15).